The molecule has 0 amide bonds. The van der Waals surface area contributed by atoms with Crippen LogP contribution in [0.1, 0.15) is 44.9 Å². The molecule has 1 atom stereocenters. The minimum absolute atomic E-state index is 0.235. The van der Waals surface area contributed by atoms with Crippen LogP contribution in [0.25, 0.3) is 0 Å². The molecule has 0 aromatic carbocycles. The van der Waals surface area contributed by atoms with Crippen molar-refractivity contribution in [1.29, 1.82) is 0 Å². The summed E-state index contributed by atoms with van der Waals surface area (Å²) < 4.78 is 0. The minimum Gasteiger partial charge on any atom is -0.481 e. The third-order valence-electron chi connectivity index (χ3n) is 2.17. The number of carboxylic acids is 1. The van der Waals surface area contributed by atoms with Gasteiger partial charge in [-0.3, -0.25) is 4.79 Å². The molecular formula is C10H21NO3. The quantitative estimate of drug-likeness (QED) is 0.490. The van der Waals surface area contributed by atoms with Crippen LogP contribution in [0.3, 0.4) is 0 Å². The minimum atomic E-state index is -0.742. The summed E-state index contributed by atoms with van der Waals surface area (Å²) in [5, 5.41) is 17.8. The summed E-state index contributed by atoms with van der Waals surface area (Å²) in [6.07, 6.45) is 4.84. The first-order valence-electron chi connectivity index (χ1n) is 5.26. The molecular weight excluding hydrogens is 182 g/mol. The van der Waals surface area contributed by atoms with Gasteiger partial charge < -0.3 is 15.9 Å². The standard InChI is InChI=1S/C10H21NO3/c11-8-4-6-9(12)5-2-1-3-7-10(13)14/h9,12H,1-8,11H2,(H,13,14). The molecule has 4 heteroatoms. The first kappa shape index (κ1) is 13.4. The number of aliphatic hydroxyl groups is 1. The van der Waals surface area contributed by atoms with E-state index >= 15 is 0 Å². The molecule has 84 valence electrons. The van der Waals surface area contributed by atoms with Crippen molar-refractivity contribution in [2.75, 3.05) is 6.54 Å². The number of carbonyl (C=O) groups is 1. The second-order valence-corrected chi connectivity index (χ2v) is 3.58. The summed E-state index contributed by atoms with van der Waals surface area (Å²) in [7, 11) is 0. The van der Waals surface area contributed by atoms with Gasteiger partial charge in [0.15, 0.2) is 0 Å². The van der Waals surface area contributed by atoms with Crippen molar-refractivity contribution in [3.05, 3.63) is 0 Å². The van der Waals surface area contributed by atoms with E-state index in [9.17, 15) is 9.90 Å². The van der Waals surface area contributed by atoms with Gasteiger partial charge in [-0.15, -0.1) is 0 Å². The molecule has 0 radical (unpaired) electrons. The van der Waals surface area contributed by atoms with E-state index < -0.39 is 5.97 Å². The van der Waals surface area contributed by atoms with E-state index in [1.165, 1.54) is 0 Å². The molecule has 0 saturated carbocycles. The van der Waals surface area contributed by atoms with Gasteiger partial charge in [0, 0.05) is 6.42 Å². The molecule has 14 heavy (non-hydrogen) atoms. The highest BCUT2D eigenvalue weighted by molar-refractivity contribution is 5.66. The third-order valence-corrected chi connectivity index (χ3v) is 2.17. The van der Waals surface area contributed by atoms with Crippen molar-refractivity contribution in [3.8, 4) is 0 Å². The van der Waals surface area contributed by atoms with Crippen LogP contribution in [0, 0.1) is 0 Å². The first-order valence-corrected chi connectivity index (χ1v) is 5.26. The molecule has 0 spiro atoms. The van der Waals surface area contributed by atoms with E-state index in [2.05, 4.69) is 0 Å². The van der Waals surface area contributed by atoms with Gasteiger partial charge in [0.25, 0.3) is 0 Å². The Bertz CT molecular complexity index is 150. The van der Waals surface area contributed by atoms with E-state index in [0.717, 1.165) is 32.1 Å². The molecule has 0 aliphatic heterocycles. The lowest BCUT2D eigenvalue weighted by Crippen LogP contribution is -2.09. The van der Waals surface area contributed by atoms with Crippen LogP contribution in [0.4, 0.5) is 0 Å². The zero-order chi connectivity index (χ0) is 10.8. The average Bonchev–Trinajstić information content (AvgIpc) is 2.13. The Labute approximate surface area is 85.1 Å². The van der Waals surface area contributed by atoms with Gasteiger partial charge in [-0.05, 0) is 32.2 Å². The van der Waals surface area contributed by atoms with Crippen LogP contribution in [0.5, 0.6) is 0 Å². The van der Waals surface area contributed by atoms with Crippen molar-refractivity contribution in [3.63, 3.8) is 0 Å². The molecule has 0 heterocycles. The summed E-state index contributed by atoms with van der Waals surface area (Å²) in [5.74, 6) is -0.742. The van der Waals surface area contributed by atoms with Gasteiger partial charge in [0.2, 0.25) is 0 Å². The van der Waals surface area contributed by atoms with E-state index in [1.807, 2.05) is 0 Å². The Hall–Kier alpha value is -0.610. The van der Waals surface area contributed by atoms with E-state index in [-0.39, 0.29) is 12.5 Å². The van der Waals surface area contributed by atoms with E-state index in [4.69, 9.17) is 10.8 Å². The number of aliphatic hydroxyl groups excluding tert-OH is 1. The predicted octanol–water partition coefficient (Wildman–Crippen LogP) is 1.12. The average molecular weight is 203 g/mol. The highest BCUT2D eigenvalue weighted by Crippen LogP contribution is 2.09. The maximum absolute atomic E-state index is 10.2. The van der Waals surface area contributed by atoms with Gasteiger partial charge >= 0.3 is 5.97 Å². The Morgan fingerprint density at radius 3 is 2.36 bits per heavy atom. The Kier molecular flexibility index (Phi) is 8.57. The van der Waals surface area contributed by atoms with Crippen LogP contribution in [-0.4, -0.2) is 28.8 Å². The fraction of sp³-hybridized carbons (Fsp3) is 0.900. The van der Waals surface area contributed by atoms with Gasteiger partial charge in [0.05, 0.1) is 6.10 Å². The van der Waals surface area contributed by atoms with E-state index in [0.29, 0.717) is 13.0 Å². The summed E-state index contributed by atoms with van der Waals surface area (Å²) >= 11 is 0. The summed E-state index contributed by atoms with van der Waals surface area (Å²) in [6.45, 7) is 0.621. The molecule has 1 unspecified atom stereocenters. The SMILES string of the molecule is NCCCC(O)CCCCCC(=O)O. The zero-order valence-electron chi connectivity index (χ0n) is 8.61. The molecule has 0 bridgehead atoms. The molecule has 0 rings (SSSR count). The summed E-state index contributed by atoms with van der Waals surface area (Å²) in [6, 6.07) is 0. The zero-order valence-corrected chi connectivity index (χ0v) is 8.61. The van der Waals surface area contributed by atoms with Crippen molar-refractivity contribution in [2.45, 2.75) is 51.0 Å². The van der Waals surface area contributed by atoms with Crippen LogP contribution >= 0.6 is 0 Å². The second kappa shape index (κ2) is 8.97. The number of hydrogen-bond donors (Lipinski definition) is 3. The summed E-state index contributed by atoms with van der Waals surface area (Å²) in [5.41, 5.74) is 5.31. The number of rotatable bonds is 9. The largest absolute Gasteiger partial charge is 0.481 e. The number of carboxylic acid groups (broad SMARTS) is 1. The lowest BCUT2D eigenvalue weighted by atomic mass is 10.1. The summed E-state index contributed by atoms with van der Waals surface area (Å²) in [4.78, 5) is 10.2. The fourth-order valence-electron chi connectivity index (χ4n) is 1.33. The van der Waals surface area contributed by atoms with Crippen LogP contribution in [0.2, 0.25) is 0 Å². The van der Waals surface area contributed by atoms with Crippen molar-refractivity contribution in [1.82, 2.24) is 0 Å². The molecule has 0 aromatic heterocycles. The number of nitrogens with two attached hydrogens (primary N) is 1. The molecule has 0 aliphatic rings. The first-order chi connectivity index (χ1) is 6.66. The van der Waals surface area contributed by atoms with Crippen molar-refractivity contribution < 1.29 is 15.0 Å². The van der Waals surface area contributed by atoms with E-state index in [1.54, 1.807) is 0 Å². The van der Waals surface area contributed by atoms with Crippen molar-refractivity contribution in [2.24, 2.45) is 5.73 Å². The van der Waals surface area contributed by atoms with Crippen molar-refractivity contribution >= 4 is 5.97 Å². The maximum atomic E-state index is 10.2. The monoisotopic (exact) mass is 203 g/mol. The lowest BCUT2D eigenvalue weighted by Gasteiger charge is -2.08. The van der Waals surface area contributed by atoms with Crippen LogP contribution < -0.4 is 5.73 Å². The fourth-order valence-corrected chi connectivity index (χ4v) is 1.33. The Morgan fingerprint density at radius 1 is 1.14 bits per heavy atom. The maximum Gasteiger partial charge on any atom is 0.303 e. The van der Waals surface area contributed by atoms with Crippen LogP contribution in [-0.2, 0) is 4.79 Å². The lowest BCUT2D eigenvalue weighted by molar-refractivity contribution is -0.137. The highest BCUT2D eigenvalue weighted by Gasteiger charge is 2.03. The second-order valence-electron chi connectivity index (χ2n) is 3.58. The molecule has 4 nitrogen and oxygen atoms in total. The van der Waals surface area contributed by atoms with Gasteiger partial charge in [-0.25, -0.2) is 0 Å². The topological polar surface area (TPSA) is 83.5 Å². The Morgan fingerprint density at radius 2 is 1.79 bits per heavy atom. The number of unbranched alkanes of at least 4 members (excludes halogenated alkanes) is 2. The third kappa shape index (κ3) is 9.48. The van der Waals surface area contributed by atoms with Gasteiger partial charge in [0.1, 0.15) is 0 Å². The molecule has 0 saturated heterocycles. The molecule has 0 aromatic rings. The normalized spacial score (nSPS) is 12.7. The highest BCUT2D eigenvalue weighted by atomic mass is 16.4. The van der Waals surface area contributed by atoms with Crippen LogP contribution in [0.15, 0.2) is 0 Å². The number of hydrogen-bond acceptors (Lipinski definition) is 3. The number of aliphatic carboxylic acids is 1. The molecule has 0 fully saturated rings. The molecule has 0 aliphatic carbocycles. The smallest absolute Gasteiger partial charge is 0.303 e. The van der Waals surface area contributed by atoms with Gasteiger partial charge in [-0.1, -0.05) is 12.8 Å². The van der Waals surface area contributed by atoms with Gasteiger partial charge in [-0.2, -0.15) is 0 Å². The Balaban J connectivity index is 3.14. The molecule has 4 N–H and O–H groups in total. The predicted molar refractivity (Wildman–Crippen MR) is 55.0 cm³/mol.